The Labute approximate surface area is 218 Å². The summed E-state index contributed by atoms with van der Waals surface area (Å²) in [6, 6.07) is 3.57. The van der Waals surface area contributed by atoms with Gasteiger partial charge in [-0.3, -0.25) is 9.97 Å². The van der Waals surface area contributed by atoms with Crippen molar-refractivity contribution < 1.29 is 10.2 Å². The molecule has 4 heterocycles. The molecule has 0 fully saturated rings. The number of nitrogens with two attached hydrogens (primary N) is 1. The lowest BCUT2D eigenvalue weighted by atomic mass is 10.00. The number of rotatable bonds is 4. The van der Waals surface area contributed by atoms with E-state index in [4.69, 9.17) is 45.6 Å². The highest BCUT2D eigenvalue weighted by Gasteiger charge is 2.15. The molecule has 0 aliphatic heterocycles. The maximum Gasteiger partial charge on any atom is 0.161 e. The second kappa shape index (κ2) is 12.6. The summed E-state index contributed by atoms with van der Waals surface area (Å²) in [7, 11) is 0. The highest BCUT2D eigenvalue weighted by molar-refractivity contribution is 6.38. The van der Waals surface area contributed by atoms with Gasteiger partial charge in [0.25, 0.3) is 0 Å². The van der Waals surface area contributed by atoms with E-state index in [0.717, 1.165) is 27.2 Å². The molecule has 4 aromatic heterocycles. The monoisotopic (exact) mass is 539 g/mol. The minimum Gasteiger partial charge on any atom is -0.390 e. The molecule has 0 spiro atoms. The second-order valence-electron chi connectivity index (χ2n) is 8.89. The summed E-state index contributed by atoms with van der Waals surface area (Å²) in [4.78, 5) is 7.97. The van der Waals surface area contributed by atoms with Crippen molar-refractivity contribution in [3.8, 4) is 0 Å². The van der Waals surface area contributed by atoms with Gasteiger partial charge in [-0.15, -0.1) is 15.3 Å². The van der Waals surface area contributed by atoms with Gasteiger partial charge in [0, 0.05) is 52.9 Å². The first-order valence-electron chi connectivity index (χ1n) is 10.6. The number of halogens is 3. The van der Waals surface area contributed by atoms with Gasteiger partial charge in [0.2, 0.25) is 0 Å². The van der Waals surface area contributed by atoms with Gasteiger partial charge in [-0.05, 0) is 52.7 Å². The van der Waals surface area contributed by atoms with Crippen LogP contribution in [0.25, 0.3) is 21.5 Å². The maximum absolute atomic E-state index is 9.72. The molecule has 0 saturated carbocycles. The van der Waals surface area contributed by atoms with Crippen LogP contribution < -0.4 is 5.73 Å². The van der Waals surface area contributed by atoms with Crippen LogP contribution in [-0.4, -0.2) is 58.3 Å². The number of aliphatic hydroxyl groups is 2. The van der Waals surface area contributed by atoms with Crippen LogP contribution in [0.3, 0.4) is 0 Å². The van der Waals surface area contributed by atoms with Crippen LogP contribution in [0.4, 0.5) is 0 Å². The van der Waals surface area contributed by atoms with E-state index in [-0.39, 0.29) is 0 Å². The number of nitrogens with zero attached hydrogens (tertiary/aromatic N) is 6. The van der Waals surface area contributed by atoms with Crippen LogP contribution in [0, 0.1) is 0 Å². The van der Waals surface area contributed by atoms with Crippen LogP contribution in [0.15, 0.2) is 36.9 Å². The van der Waals surface area contributed by atoms with Gasteiger partial charge in [-0.1, -0.05) is 34.8 Å². The fourth-order valence-corrected chi connectivity index (χ4v) is 3.15. The Kier molecular flexibility index (Phi) is 10.4. The summed E-state index contributed by atoms with van der Waals surface area (Å²) in [6.07, 6.45) is 7.92. The van der Waals surface area contributed by atoms with Gasteiger partial charge < -0.3 is 15.9 Å². The lowest BCUT2D eigenvalue weighted by Crippen LogP contribution is -2.29. The Morgan fingerprint density at radius 1 is 0.714 bits per heavy atom. The Morgan fingerprint density at radius 3 is 1.60 bits per heavy atom. The molecule has 0 aliphatic rings. The summed E-state index contributed by atoms with van der Waals surface area (Å²) in [6.45, 7) is 7.22. The number of aromatic nitrogens is 6. The fraction of sp³-hybridized carbons (Fsp3) is 0.391. The van der Waals surface area contributed by atoms with Gasteiger partial charge in [-0.25, -0.2) is 0 Å². The molecule has 0 atom stereocenters. The lowest BCUT2D eigenvalue weighted by molar-refractivity contribution is 0.0711. The normalized spacial score (nSPS) is 11.5. The number of pyridine rings is 2. The SMILES string of the molecule is CC(C)(O)CCc1nnc(Cl)c2ccncc12.CC(C)(O)CN.Clc1nnc(Cl)c2cnccc12. The molecule has 4 N–H and O–H groups in total. The first kappa shape index (κ1) is 29.0. The zero-order chi connectivity index (χ0) is 26.2. The van der Waals surface area contributed by atoms with Gasteiger partial charge >= 0.3 is 0 Å². The molecular weight excluding hydrogens is 513 g/mol. The van der Waals surface area contributed by atoms with E-state index in [1.165, 1.54) is 0 Å². The van der Waals surface area contributed by atoms with Crippen molar-refractivity contribution in [1.82, 2.24) is 30.4 Å². The van der Waals surface area contributed by atoms with Crippen LogP contribution in [0.1, 0.15) is 39.8 Å². The van der Waals surface area contributed by atoms with Gasteiger partial charge in [-0.2, -0.15) is 5.10 Å². The van der Waals surface area contributed by atoms with Crippen LogP contribution in [-0.2, 0) is 6.42 Å². The van der Waals surface area contributed by atoms with Crippen LogP contribution in [0.5, 0.6) is 0 Å². The summed E-state index contributed by atoms with van der Waals surface area (Å²) >= 11 is 17.5. The van der Waals surface area contributed by atoms with E-state index in [0.29, 0.717) is 34.8 Å². The lowest BCUT2D eigenvalue weighted by Gasteiger charge is -2.16. The molecule has 12 heteroatoms. The predicted molar refractivity (Wildman–Crippen MR) is 140 cm³/mol. The number of hydrogen-bond donors (Lipinski definition) is 3. The van der Waals surface area contributed by atoms with Crippen molar-refractivity contribution in [3.05, 3.63) is 58.1 Å². The molecule has 0 radical (unpaired) electrons. The van der Waals surface area contributed by atoms with Crippen molar-refractivity contribution >= 4 is 56.3 Å². The third-order valence-electron chi connectivity index (χ3n) is 4.58. The Hall–Kier alpha value is -2.27. The molecule has 4 aromatic rings. The number of fused-ring (bicyclic) bond motifs is 2. The van der Waals surface area contributed by atoms with Gasteiger partial charge in [0.1, 0.15) is 0 Å². The number of aryl methyl sites for hydroxylation is 1. The molecule has 9 nitrogen and oxygen atoms in total. The Morgan fingerprint density at radius 2 is 1.14 bits per heavy atom. The molecule has 0 bridgehead atoms. The minimum absolute atomic E-state index is 0.322. The summed E-state index contributed by atoms with van der Waals surface area (Å²) in [5.74, 6) is 0. The highest BCUT2D eigenvalue weighted by Crippen LogP contribution is 2.25. The molecular formula is C23H28Cl3N7O2. The van der Waals surface area contributed by atoms with E-state index in [1.54, 1.807) is 58.5 Å². The smallest absolute Gasteiger partial charge is 0.161 e. The zero-order valence-electron chi connectivity index (χ0n) is 19.9. The largest absolute Gasteiger partial charge is 0.390 e. The fourth-order valence-electron chi connectivity index (χ4n) is 2.56. The molecule has 4 rings (SSSR count). The molecule has 35 heavy (non-hydrogen) atoms. The van der Waals surface area contributed by atoms with Crippen molar-refractivity contribution in [2.75, 3.05) is 6.54 Å². The molecule has 0 aromatic carbocycles. The minimum atomic E-state index is -0.712. The van der Waals surface area contributed by atoms with E-state index >= 15 is 0 Å². The predicted octanol–water partition coefficient (Wildman–Crippen LogP) is 4.43. The Balaban J connectivity index is 0.000000209. The average Bonchev–Trinajstić information content (AvgIpc) is 2.81. The van der Waals surface area contributed by atoms with Crippen molar-refractivity contribution in [2.24, 2.45) is 5.73 Å². The van der Waals surface area contributed by atoms with Crippen molar-refractivity contribution in [1.29, 1.82) is 0 Å². The zero-order valence-corrected chi connectivity index (χ0v) is 22.1. The standard InChI is InChI=1S/C12H14ClN3O.C7H3Cl2N3.C4H11NO/c1-12(2,17)5-3-10-9-7-14-6-4-8(9)11(13)16-15-10;8-6-4-1-2-10-3-5(4)7(9)12-11-6;1-4(2,6)3-5/h4,6-7,17H,3,5H2,1-2H3;1-3H;6H,3,5H2,1-2H3. The average molecular weight is 541 g/mol. The van der Waals surface area contributed by atoms with Gasteiger partial charge in [0.15, 0.2) is 15.5 Å². The summed E-state index contributed by atoms with van der Waals surface area (Å²) in [5.41, 5.74) is 4.48. The first-order chi connectivity index (χ1) is 16.3. The molecule has 0 unspecified atom stereocenters. The summed E-state index contributed by atoms with van der Waals surface area (Å²) in [5, 5.41) is 38.0. The Bertz CT molecular complexity index is 1220. The molecule has 0 saturated heterocycles. The molecule has 0 amide bonds. The first-order valence-corrected chi connectivity index (χ1v) is 11.8. The van der Waals surface area contributed by atoms with E-state index in [2.05, 4.69) is 30.4 Å². The molecule has 188 valence electrons. The van der Waals surface area contributed by atoms with E-state index in [1.807, 2.05) is 6.07 Å². The highest BCUT2D eigenvalue weighted by atomic mass is 35.5. The van der Waals surface area contributed by atoms with Crippen LogP contribution in [0.2, 0.25) is 15.5 Å². The van der Waals surface area contributed by atoms with Gasteiger partial charge in [0.05, 0.1) is 16.9 Å². The van der Waals surface area contributed by atoms with Crippen molar-refractivity contribution in [3.63, 3.8) is 0 Å². The topological polar surface area (TPSA) is 144 Å². The van der Waals surface area contributed by atoms with Crippen LogP contribution >= 0.6 is 34.8 Å². The summed E-state index contributed by atoms with van der Waals surface area (Å²) < 4.78 is 0. The van der Waals surface area contributed by atoms with E-state index < -0.39 is 11.2 Å². The van der Waals surface area contributed by atoms with E-state index in [9.17, 15) is 5.11 Å². The maximum atomic E-state index is 9.72. The molecule has 0 aliphatic carbocycles. The third kappa shape index (κ3) is 9.36. The second-order valence-corrected chi connectivity index (χ2v) is 9.96. The third-order valence-corrected chi connectivity index (χ3v) is 5.41. The quantitative estimate of drug-likeness (QED) is 0.342. The van der Waals surface area contributed by atoms with Crippen molar-refractivity contribution in [2.45, 2.75) is 51.7 Å². The number of hydrogen-bond acceptors (Lipinski definition) is 9.